The van der Waals surface area contributed by atoms with Crippen LogP contribution in [0.3, 0.4) is 0 Å². The van der Waals surface area contributed by atoms with Crippen LogP contribution in [0.4, 0.5) is 4.79 Å². The Morgan fingerprint density at radius 1 is 0.974 bits per heavy atom. The van der Waals surface area contributed by atoms with Gasteiger partial charge in [-0.2, -0.15) is 0 Å². The smallest absolute Gasteiger partial charge is 0.408 e. The molecule has 2 aromatic rings. The molecule has 1 fully saturated rings. The van der Waals surface area contributed by atoms with Crippen LogP contribution in [0, 0.1) is 0 Å². The number of piperidine rings is 1. The molecular weight excluding hydrogens is 490 g/mol. The van der Waals surface area contributed by atoms with Crippen LogP contribution in [0.25, 0.3) is 0 Å². The number of ether oxygens (including phenoxy) is 2. The average molecular weight is 524 g/mol. The van der Waals surface area contributed by atoms with Crippen LogP contribution in [0.5, 0.6) is 0 Å². The zero-order valence-corrected chi connectivity index (χ0v) is 21.8. The molecule has 1 saturated heterocycles. The lowest BCUT2D eigenvalue weighted by Crippen LogP contribution is -2.59. The van der Waals surface area contributed by atoms with Crippen molar-refractivity contribution in [3.8, 4) is 0 Å². The van der Waals surface area contributed by atoms with Crippen LogP contribution in [0.2, 0.25) is 0 Å². The van der Waals surface area contributed by atoms with E-state index < -0.39 is 54.0 Å². The highest BCUT2D eigenvalue weighted by Crippen LogP contribution is 2.15. The van der Waals surface area contributed by atoms with E-state index >= 15 is 0 Å². The molecule has 2 N–H and O–H groups in total. The molecule has 0 bridgehead atoms. The van der Waals surface area contributed by atoms with E-state index in [4.69, 9.17) is 9.47 Å². The Morgan fingerprint density at radius 2 is 1.58 bits per heavy atom. The number of benzene rings is 2. The topological polar surface area (TPSA) is 131 Å². The van der Waals surface area contributed by atoms with Gasteiger partial charge in [-0.05, 0) is 38.3 Å². The number of esters is 1. The van der Waals surface area contributed by atoms with Crippen LogP contribution < -0.4 is 10.6 Å². The van der Waals surface area contributed by atoms with E-state index in [-0.39, 0.29) is 25.9 Å². The number of hydrogen-bond donors (Lipinski definition) is 2. The molecule has 0 saturated carbocycles. The van der Waals surface area contributed by atoms with Crippen LogP contribution >= 0.6 is 0 Å². The summed E-state index contributed by atoms with van der Waals surface area (Å²) >= 11 is 0. The number of likely N-dealkylation sites (tertiary alicyclic amines) is 1. The fraction of sp³-hybridized carbons (Fsp3) is 0.393. The second-order valence-electron chi connectivity index (χ2n) is 9.95. The van der Waals surface area contributed by atoms with Gasteiger partial charge in [0.25, 0.3) is 5.91 Å². The Balaban J connectivity index is 1.64. The third-order valence-electron chi connectivity index (χ3n) is 5.65. The SMILES string of the molecule is CC(C)(C)OC(=O)N[C@@H](Cc1ccccc1)C(=O)N[C@H]1CCC(=O)N(CC(=O)OCc2ccccc2)C1=O. The first kappa shape index (κ1) is 28.4. The zero-order chi connectivity index (χ0) is 27.7. The Bertz CT molecular complexity index is 1150. The molecule has 2 aromatic carbocycles. The lowest BCUT2D eigenvalue weighted by Gasteiger charge is -2.31. The van der Waals surface area contributed by atoms with Gasteiger partial charge in [-0.25, -0.2) is 4.79 Å². The summed E-state index contributed by atoms with van der Waals surface area (Å²) in [5, 5.41) is 5.21. The second-order valence-corrected chi connectivity index (χ2v) is 9.95. The molecule has 10 heteroatoms. The summed E-state index contributed by atoms with van der Waals surface area (Å²) in [5.74, 6) is -2.58. The second kappa shape index (κ2) is 12.8. The van der Waals surface area contributed by atoms with Crippen molar-refractivity contribution in [2.24, 2.45) is 0 Å². The average Bonchev–Trinajstić information content (AvgIpc) is 2.86. The predicted octanol–water partition coefficient (Wildman–Crippen LogP) is 2.50. The lowest BCUT2D eigenvalue weighted by atomic mass is 10.0. The Labute approximate surface area is 221 Å². The van der Waals surface area contributed by atoms with Gasteiger partial charge in [0.05, 0.1) is 0 Å². The van der Waals surface area contributed by atoms with Gasteiger partial charge in [0, 0.05) is 12.8 Å². The van der Waals surface area contributed by atoms with E-state index in [2.05, 4.69) is 10.6 Å². The monoisotopic (exact) mass is 523 g/mol. The summed E-state index contributed by atoms with van der Waals surface area (Å²) in [7, 11) is 0. The van der Waals surface area contributed by atoms with Crippen molar-refractivity contribution in [2.45, 2.75) is 64.3 Å². The minimum atomic E-state index is -1.04. The summed E-state index contributed by atoms with van der Waals surface area (Å²) in [6.45, 7) is 4.57. The van der Waals surface area contributed by atoms with Gasteiger partial charge in [-0.15, -0.1) is 0 Å². The molecule has 1 aliphatic rings. The first-order valence-corrected chi connectivity index (χ1v) is 12.4. The standard InChI is InChI=1S/C28H33N3O7/c1-28(2,3)38-27(36)30-22(16-19-10-6-4-7-11-19)25(34)29-21-14-15-23(32)31(26(21)35)17-24(33)37-18-20-12-8-5-9-13-20/h4-13,21-22H,14-18H2,1-3H3,(H,29,34)(H,30,36)/t21-,22-/m0/s1. The summed E-state index contributed by atoms with van der Waals surface area (Å²) < 4.78 is 10.5. The third-order valence-corrected chi connectivity index (χ3v) is 5.65. The van der Waals surface area contributed by atoms with Crippen molar-refractivity contribution < 1.29 is 33.4 Å². The molecule has 202 valence electrons. The fourth-order valence-electron chi connectivity index (χ4n) is 3.83. The number of hydrogen-bond acceptors (Lipinski definition) is 7. The van der Waals surface area contributed by atoms with Gasteiger partial charge in [0.2, 0.25) is 11.8 Å². The van der Waals surface area contributed by atoms with Crippen molar-refractivity contribution in [3.63, 3.8) is 0 Å². The number of imide groups is 1. The summed E-state index contributed by atoms with van der Waals surface area (Å²) in [4.78, 5) is 64.2. The Hall–Kier alpha value is -4.21. The predicted molar refractivity (Wildman–Crippen MR) is 137 cm³/mol. The molecule has 1 heterocycles. The molecule has 38 heavy (non-hydrogen) atoms. The van der Waals surface area contributed by atoms with Crippen molar-refractivity contribution >= 4 is 29.8 Å². The van der Waals surface area contributed by atoms with E-state index in [1.54, 1.807) is 45.0 Å². The number of alkyl carbamates (subject to hydrolysis) is 1. The van der Waals surface area contributed by atoms with E-state index in [9.17, 15) is 24.0 Å². The third kappa shape index (κ3) is 8.72. The number of amides is 4. The van der Waals surface area contributed by atoms with Gasteiger partial charge < -0.3 is 20.1 Å². The molecule has 0 aromatic heterocycles. The van der Waals surface area contributed by atoms with E-state index in [1.165, 1.54) is 0 Å². The van der Waals surface area contributed by atoms with Gasteiger partial charge in [0.15, 0.2) is 0 Å². The zero-order valence-electron chi connectivity index (χ0n) is 21.8. The first-order chi connectivity index (χ1) is 18.0. The van der Waals surface area contributed by atoms with Crippen LogP contribution in [-0.2, 0) is 41.7 Å². The molecule has 10 nitrogen and oxygen atoms in total. The minimum absolute atomic E-state index is 0.00750. The Kier molecular flexibility index (Phi) is 9.59. The molecule has 0 unspecified atom stereocenters. The highest BCUT2D eigenvalue weighted by atomic mass is 16.6. The molecule has 0 spiro atoms. The van der Waals surface area contributed by atoms with Crippen molar-refractivity contribution in [1.29, 1.82) is 0 Å². The number of rotatable bonds is 9. The maximum atomic E-state index is 13.2. The highest BCUT2D eigenvalue weighted by Gasteiger charge is 2.38. The summed E-state index contributed by atoms with van der Waals surface area (Å²) in [6.07, 6.45) is -0.586. The molecule has 0 aliphatic carbocycles. The minimum Gasteiger partial charge on any atom is -0.459 e. The van der Waals surface area contributed by atoms with Gasteiger partial charge >= 0.3 is 12.1 Å². The number of nitrogens with one attached hydrogen (secondary N) is 2. The summed E-state index contributed by atoms with van der Waals surface area (Å²) in [5.41, 5.74) is 0.786. The molecule has 1 aliphatic heterocycles. The van der Waals surface area contributed by atoms with Gasteiger partial charge in [0.1, 0.15) is 30.8 Å². The first-order valence-electron chi connectivity index (χ1n) is 12.4. The quantitative estimate of drug-likeness (QED) is 0.381. The van der Waals surface area contributed by atoms with Crippen LogP contribution in [-0.4, -0.2) is 58.9 Å². The van der Waals surface area contributed by atoms with Crippen molar-refractivity contribution in [3.05, 3.63) is 71.8 Å². The largest absolute Gasteiger partial charge is 0.459 e. The lowest BCUT2D eigenvalue weighted by molar-refractivity contribution is -0.159. The van der Waals surface area contributed by atoms with Gasteiger partial charge in [-0.3, -0.25) is 24.1 Å². The number of carbonyl (C=O) groups is 5. The normalized spacial score (nSPS) is 16.4. The van der Waals surface area contributed by atoms with Crippen molar-refractivity contribution in [1.82, 2.24) is 15.5 Å². The molecule has 3 rings (SSSR count). The van der Waals surface area contributed by atoms with Crippen LogP contribution in [0.1, 0.15) is 44.7 Å². The maximum Gasteiger partial charge on any atom is 0.408 e. The van der Waals surface area contributed by atoms with E-state index in [0.717, 1.165) is 16.0 Å². The molecule has 0 radical (unpaired) electrons. The number of carbonyl (C=O) groups excluding carboxylic acids is 5. The molecule has 4 amide bonds. The van der Waals surface area contributed by atoms with Crippen LogP contribution in [0.15, 0.2) is 60.7 Å². The van der Waals surface area contributed by atoms with E-state index in [1.807, 2.05) is 36.4 Å². The maximum absolute atomic E-state index is 13.2. The van der Waals surface area contributed by atoms with Crippen molar-refractivity contribution in [2.75, 3.05) is 6.54 Å². The van der Waals surface area contributed by atoms with Gasteiger partial charge in [-0.1, -0.05) is 60.7 Å². The summed E-state index contributed by atoms with van der Waals surface area (Å²) in [6, 6.07) is 16.0. The molecule has 2 atom stereocenters. The van der Waals surface area contributed by atoms with E-state index in [0.29, 0.717) is 0 Å². The molecular formula is C28H33N3O7. The Morgan fingerprint density at radius 3 is 2.18 bits per heavy atom. The highest BCUT2D eigenvalue weighted by molar-refractivity contribution is 6.04. The number of nitrogens with zero attached hydrogens (tertiary/aromatic N) is 1. The fourth-order valence-corrected chi connectivity index (χ4v) is 3.83.